The number of nitro benzene ring substituents is 1. The molecule has 0 atom stereocenters. The smallest absolute Gasteiger partial charge is 0.293 e. The van der Waals surface area contributed by atoms with Crippen LogP contribution in [0.3, 0.4) is 0 Å². The number of amides is 1. The number of aromatic nitrogens is 1. The van der Waals surface area contributed by atoms with Gasteiger partial charge in [0.05, 0.1) is 20.1 Å². The number of nitrogens with zero attached hydrogens (tertiary/aromatic N) is 2. The van der Waals surface area contributed by atoms with Gasteiger partial charge in [0.2, 0.25) is 5.91 Å². The van der Waals surface area contributed by atoms with E-state index >= 15 is 0 Å². The molecule has 116 valence electrons. The molecule has 2 aromatic carbocycles. The van der Waals surface area contributed by atoms with Crippen molar-refractivity contribution < 1.29 is 9.72 Å². The summed E-state index contributed by atoms with van der Waals surface area (Å²) in [7, 11) is 0. The quantitative estimate of drug-likeness (QED) is 0.563. The number of hydrogen-bond donors (Lipinski definition) is 2. The maximum Gasteiger partial charge on any atom is 0.293 e. The zero-order chi connectivity index (χ0) is 16.6. The molecule has 23 heavy (non-hydrogen) atoms. The van der Waals surface area contributed by atoms with Crippen molar-refractivity contribution in [3.05, 3.63) is 57.1 Å². The van der Waals surface area contributed by atoms with Gasteiger partial charge in [-0.2, -0.15) is 0 Å². The summed E-state index contributed by atoms with van der Waals surface area (Å²) in [4.78, 5) is 26.2. The standard InChI is InChI=1S/C15H12N4O3S/c1-8-17-12-5-3-10(7-14(12)23-8)18-11-4-2-9(15(16)20)6-13(11)19(21)22/h2-7,18H,1H3,(H2,16,20). The van der Waals surface area contributed by atoms with Crippen LogP contribution < -0.4 is 11.1 Å². The van der Waals surface area contributed by atoms with Crippen molar-refractivity contribution in [2.24, 2.45) is 5.73 Å². The highest BCUT2D eigenvalue weighted by atomic mass is 32.1. The fourth-order valence-electron chi connectivity index (χ4n) is 2.21. The molecule has 0 saturated carbocycles. The third-order valence-electron chi connectivity index (χ3n) is 3.25. The van der Waals surface area contributed by atoms with E-state index < -0.39 is 10.8 Å². The first-order valence-electron chi connectivity index (χ1n) is 6.66. The number of fused-ring (bicyclic) bond motifs is 1. The van der Waals surface area contributed by atoms with E-state index in [9.17, 15) is 14.9 Å². The highest BCUT2D eigenvalue weighted by Gasteiger charge is 2.17. The molecule has 3 aromatic rings. The van der Waals surface area contributed by atoms with Gasteiger partial charge in [0.1, 0.15) is 5.69 Å². The van der Waals surface area contributed by atoms with Gasteiger partial charge in [-0.1, -0.05) is 0 Å². The van der Waals surface area contributed by atoms with Crippen LogP contribution in [0.1, 0.15) is 15.4 Å². The van der Waals surface area contributed by atoms with Gasteiger partial charge in [-0.05, 0) is 37.3 Å². The first kappa shape index (κ1) is 14.9. The largest absolute Gasteiger partial charge is 0.366 e. The van der Waals surface area contributed by atoms with E-state index in [1.807, 2.05) is 19.1 Å². The normalized spacial score (nSPS) is 10.7. The van der Waals surface area contributed by atoms with Crippen LogP contribution in [0.4, 0.5) is 17.1 Å². The van der Waals surface area contributed by atoms with E-state index in [0.29, 0.717) is 11.4 Å². The number of carbonyl (C=O) groups excluding carboxylic acids is 1. The number of aryl methyl sites for hydroxylation is 1. The predicted molar refractivity (Wildman–Crippen MR) is 89.3 cm³/mol. The van der Waals surface area contributed by atoms with Gasteiger partial charge in [0, 0.05) is 17.3 Å². The molecule has 3 rings (SSSR count). The number of nitrogens with two attached hydrogens (primary N) is 1. The van der Waals surface area contributed by atoms with Crippen LogP contribution in [-0.2, 0) is 0 Å². The van der Waals surface area contributed by atoms with Gasteiger partial charge >= 0.3 is 0 Å². The van der Waals surface area contributed by atoms with Gasteiger partial charge in [-0.3, -0.25) is 14.9 Å². The number of rotatable bonds is 4. The van der Waals surface area contributed by atoms with Crippen molar-refractivity contribution in [3.63, 3.8) is 0 Å². The average Bonchev–Trinajstić information content (AvgIpc) is 2.86. The van der Waals surface area contributed by atoms with E-state index in [1.54, 1.807) is 17.4 Å². The van der Waals surface area contributed by atoms with Gasteiger partial charge in [0.15, 0.2) is 0 Å². The van der Waals surface area contributed by atoms with Gasteiger partial charge in [-0.15, -0.1) is 11.3 Å². The van der Waals surface area contributed by atoms with Crippen molar-refractivity contribution in [1.82, 2.24) is 4.98 Å². The third-order valence-corrected chi connectivity index (χ3v) is 4.19. The molecule has 0 aliphatic carbocycles. The summed E-state index contributed by atoms with van der Waals surface area (Å²) in [6, 6.07) is 9.62. The number of nitro groups is 1. The summed E-state index contributed by atoms with van der Waals surface area (Å²) >= 11 is 1.55. The Balaban J connectivity index is 2.00. The van der Waals surface area contributed by atoms with E-state index in [4.69, 9.17) is 5.73 Å². The van der Waals surface area contributed by atoms with E-state index in [2.05, 4.69) is 10.3 Å². The van der Waals surface area contributed by atoms with Crippen LogP contribution in [0.15, 0.2) is 36.4 Å². The molecule has 0 fully saturated rings. The molecule has 1 heterocycles. The van der Waals surface area contributed by atoms with Crippen molar-refractivity contribution in [2.45, 2.75) is 6.92 Å². The van der Waals surface area contributed by atoms with Crippen LogP contribution in [0.2, 0.25) is 0 Å². The number of primary amides is 1. The Labute approximate surface area is 134 Å². The Hall–Kier alpha value is -3.00. The highest BCUT2D eigenvalue weighted by molar-refractivity contribution is 7.18. The summed E-state index contributed by atoms with van der Waals surface area (Å²) in [5, 5.41) is 15.2. The fourth-order valence-corrected chi connectivity index (χ4v) is 3.08. The number of benzene rings is 2. The molecule has 1 aromatic heterocycles. The SMILES string of the molecule is Cc1nc2ccc(Nc3ccc(C(N)=O)cc3[N+](=O)[O-])cc2s1. The lowest BCUT2D eigenvalue weighted by Crippen LogP contribution is -2.11. The first-order valence-corrected chi connectivity index (χ1v) is 7.48. The van der Waals surface area contributed by atoms with Gasteiger partial charge in [0.25, 0.3) is 5.69 Å². The summed E-state index contributed by atoms with van der Waals surface area (Å²) in [5.74, 6) is -0.707. The Morgan fingerprint density at radius 1 is 1.30 bits per heavy atom. The molecule has 1 amide bonds. The predicted octanol–water partition coefficient (Wildman–Crippen LogP) is 3.36. The summed E-state index contributed by atoms with van der Waals surface area (Å²) in [6.07, 6.45) is 0. The zero-order valence-corrected chi connectivity index (χ0v) is 12.9. The molecule has 3 N–H and O–H groups in total. The molecule has 7 nitrogen and oxygen atoms in total. The van der Waals surface area contributed by atoms with Crippen LogP contribution >= 0.6 is 11.3 Å². The minimum absolute atomic E-state index is 0.0933. The summed E-state index contributed by atoms with van der Waals surface area (Å²) in [6.45, 7) is 1.92. The summed E-state index contributed by atoms with van der Waals surface area (Å²) in [5.41, 5.74) is 6.93. The number of anilines is 2. The summed E-state index contributed by atoms with van der Waals surface area (Å²) < 4.78 is 0.990. The number of hydrogen-bond acceptors (Lipinski definition) is 6. The lowest BCUT2D eigenvalue weighted by Gasteiger charge is -2.08. The minimum atomic E-state index is -0.707. The molecular formula is C15H12N4O3S. The average molecular weight is 328 g/mol. The lowest BCUT2D eigenvalue weighted by molar-refractivity contribution is -0.383. The molecule has 0 bridgehead atoms. The maximum atomic E-state index is 11.2. The van der Waals surface area contributed by atoms with Crippen LogP contribution in [0.5, 0.6) is 0 Å². The highest BCUT2D eigenvalue weighted by Crippen LogP contribution is 2.31. The van der Waals surface area contributed by atoms with Crippen LogP contribution in [0.25, 0.3) is 10.2 Å². The monoisotopic (exact) mass is 328 g/mol. The van der Waals surface area contributed by atoms with Gasteiger partial charge in [-0.25, -0.2) is 4.98 Å². The van der Waals surface area contributed by atoms with Crippen molar-refractivity contribution >= 4 is 44.5 Å². The second kappa shape index (κ2) is 5.65. The number of carbonyl (C=O) groups is 1. The maximum absolute atomic E-state index is 11.2. The molecule has 0 spiro atoms. The topological polar surface area (TPSA) is 111 Å². The molecular weight excluding hydrogens is 316 g/mol. The second-order valence-electron chi connectivity index (χ2n) is 4.89. The van der Waals surface area contributed by atoms with Crippen molar-refractivity contribution in [3.8, 4) is 0 Å². The van der Waals surface area contributed by atoms with Crippen LogP contribution in [0, 0.1) is 17.0 Å². The Kier molecular flexibility index (Phi) is 3.67. The Morgan fingerprint density at radius 3 is 2.78 bits per heavy atom. The zero-order valence-electron chi connectivity index (χ0n) is 12.1. The molecule has 0 radical (unpaired) electrons. The van der Waals surface area contributed by atoms with E-state index in [-0.39, 0.29) is 11.3 Å². The second-order valence-corrected chi connectivity index (χ2v) is 6.13. The van der Waals surface area contributed by atoms with E-state index in [1.165, 1.54) is 18.2 Å². The van der Waals surface area contributed by atoms with Crippen LogP contribution in [-0.4, -0.2) is 15.8 Å². The van der Waals surface area contributed by atoms with Gasteiger partial charge < -0.3 is 11.1 Å². The van der Waals surface area contributed by atoms with E-state index in [0.717, 1.165) is 15.2 Å². The molecule has 0 aliphatic rings. The Morgan fingerprint density at radius 2 is 2.09 bits per heavy atom. The third kappa shape index (κ3) is 2.97. The van der Waals surface area contributed by atoms with Crippen molar-refractivity contribution in [1.29, 1.82) is 0 Å². The number of thiazole rings is 1. The molecule has 8 heteroatoms. The fraction of sp³-hybridized carbons (Fsp3) is 0.0667. The first-order chi connectivity index (χ1) is 10.9. The molecule has 0 aliphatic heterocycles. The number of nitrogens with one attached hydrogen (secondary N) is 1. The Bertz CT molecular complexity index is 936. The molecule has 0 saturated heterocycles. The molecule has 0 unspecified atom stereocenters. The lowest BCUT2D eigenvalue weighted by atomic mass is 10.1. The van der Waals surface area contributed by atoms with Crippen molar-refractivity contribution in [2.75, 3.05) is 5.32 Å². The minimum Gasteiger partial charge on any atom is -0.366 e.